The molecule has 0 spiro atoms. The standard InChI is InChI=1S/C24H20F3N3O/c1-30-20-13-6-5-12-19(20)28-23(30)22(17-9-3-2-4-10-17)29-21(31)15-16-8-7-11-18(14-16)24(25,26)27/h2-14,22H,15H2,1H3,(H,29,31). The average molecular weight is 423 g/mol. The number of halogens is 3. The number of hydrogen-bond acceptors (Lipinski definition) is 2. The van der Waals surface area contributed by atoms with Crippen LogP contribution in [0.25, 0.3) is 11.0 Å². The molecule has 1 aromatic heterocycles. The van der Waals surface area contributed by atoms with E-state index in [2.05, 4.69) is 5.32 Å². The van der Waals surface area contributed by atoms with E-state index in [1.54, 1.807) is 0 Å². The van der Waals surface area contributed by atoms with Crippen molar-refractivity contribution < 1.29 is 18.0 Å². The highest BCUT2D eigenvalue weighted by Gasteiger charge is 2.30. The van der Waals surface area contributed by atoms with Crippen molar-refractivity contribution in [3.8, 4) is 0 Å². The average Bonchev–Trinajstić information content (AvgIpc) is 3.09. The maximum absolute atomic E-state index is 13.0. The molecule has 1 atom stereocenters. The van der Waals surface area contributed by atoms with Crippen molar-refractivity contribution in [2.75, 3.05) is 0 Å². The van der Waals surface area contributed by atoms with Crippen LogP contribution in [0, 0.1) is 0 Å². The molecule has 1 heterocycles. The molecule has 0 saturated heterocycles. The Morgan fingerprint density at radius 1 is 1.00 bits per heavy atom. The molecule has 0 radical (unpaired) electrons. The third-order valence-corrected chi connectivity index (χ3v) is 5.14. The van der Waals surface area contributed by atoms with Gasteiger partial charge in [0, 0.05) is 7.05 Å². The van der Waals surface area contributed by atoms with Gasteiger partial charge < -0.3 is 9.88 Å². The smallest absolute Gasteiger partial charge is 0.342 e. The minimum Gasteiger partial charge on any atom is -0.342 e. The van der Waals surface area contributed by atoms with Crippen molar-refractivity contribution in [3.63, 3.8) is 0 Å². The molecular formula is C24H20F3N3O. The minimum absolute atomic E-state index is 0.169. The van der Waals surface area contributed by atoms with Crippen molar-refractivity contribution in [2.24, 2.45) is 7.05 Å². The monoisotopic (exact) mass is 423 g/mol. The van der Waals surface area contributed by atoms with Crippen LogP contribution in [-0.2, 0) is 24.4 Å². The van der Waals surface area contributed by atoms with Crippen LogP contribution in [0.3, 0.4) is 0 Å². The number of carbonyl (C=O) groups excluding carboxylic acids is 1. The Labute approximate surface area is 177 Å². The van der Waals surface area contributed by atoms with Gasteiger partial charge in [-0.15, -0.1) is 0 Å². The molecule has 4 nitrogen and oxygen atoms in total. The Bertz CT molecular complexity index is 1220. The number of fused-ring (bicyclic) bond motifs is 1. The van der Waals surface area contributed by atoms with Crippen LogP contribution in [0.1, 0.15) is 28.6 Å². The largest absolute Gasteiger partial charge is 0.416 e. The van der Waals surface area contributed by atoms with E-state index < -0.39 is 17.8 Å². The van der Waals surface area contributed by atoms with Crippen molar-refractivity contribution >= 4 is 16.9 Å². The number of benzene rings is 3. The second kappa shape index (κ2) is 8.26. The molecule has 1 unspecified atom stereocenters. The number of amides is 1. The van der Waals surface area contributed by atoms with E-state index in [-0.39, 0.29) is 12.3 Å². The maximum atomic E-state index is 13.0. The normalized spacial score (nSPS) is 12.6. The fourth-order valence-corrected chi connectivity index (χ4v) is 3.62. The number of rotatable bonds is 5. The summed E-state index contributed by atoms with van der Waals surface area (Å²) in [4.78, 5) is 17.5. The van der Waals surface area contributed by atoms with Gasteiger partial charge in [0.1, 0.15) is 11.9 Å². The number of aromatic nitrogens is 2. The minimum atomic E-state index is -4.45. The number of nitrogens with one attached hydrogen (secondary N) is 1. The molecule has 0 aliphatic rings. The van der Waals surface area contributed by atoms with Gasteiger partial charge >= 0.3 is 6.18 Å². The van der Waals surface area contributed by atoms with Crippen molar-refractivity contribution in [1.29, 1.82) is 0 Å². The quantitative estimate of drug-likeness (QED) is 0.489. The first-order valence-electron chi connectivity index (χ1n) is 9.75. The van der Waals surface area contributed by atoms with E-state index in [0.717, 1.165) is 28.7 Å². The zero-order valence-electron chi connectivity index (χ0n) is 16.7. The number of carbonyl (C=O) groups is 1. The number of hydrogen-bond donors (Lipinski definition) is 1. The molecule has 4 aromatic rings. The van der Waals surface area contributed by atoms with Crippen LogP contribution in [0.5, 0.6) is 0 Å². The SMILES string of the molecule is Cn1c(C(NC(=O)Cc2cccc(C(F)(F)F)c2)c2ccccc2)nc2ccccc21. The van der Waals surface area contributed by atoms with Gasteiger partial charge in [0.2, 0.25) is 5.91 Å². The second-order valence-electron chi connectivity index (χ2n) is 7.30. The van der Waals surface area contributed by atoms with Gasteiger partial charge in [-0.3, -0.25) is 4.79 Å². The van der Waals surface area contributed by atoms with Crippen LogP contribution in [-0.4, -0.2) is 15.5 Å². The molecule has 31 heavy (non-hydrogen) atoms. The van der Waals surface area contributed by atoms with E-state index in [1.807, 2.05) is 66.2 Å². The summed E-state index contributed by atoms with van der Waals surface area (Å²) in [6.07, 6.45) is -4.62. The lowest BCUT2D eigenvalue weighted by Crippen LogP contribution is -2.32. The number of imidazole rings is 1. The Morgan fingerprint density at radius 2 is 1.71 bits per heavy atom. The van der Waals surface area contributed by atoms with Crippen LogP contribution in [0.4, 0.5) is 13.2 Å². The molecule has 4 rings (SSSR count). The lowest BCUT2D eigenvalue weighted by Gasteiger charge is -2.19. The van der Waals surface area contributed by atoms with Gasteiger partial charge in [0.05, 0.1) is 23.0 Å². The third kappa shape index (κ3) is 4.45. The topological polar surface area (TPSA) is 46.9 Å². The predicted octanol–water partition coefficient (Wildman–Crippen LogP) is 5.04. The van der Waals surface area contributed by atoms with E-state index in [0.29, 0.717) is 11.4 Å². The van der Waals surface area contributed by atoms with Crippen molar-refractivity contribution in [3.05, 3.63) is 101 Å². The van der Waals surface area contributed by atoms with Gasteiger partial charge in [-0.05, 0) is 29.3 Å². The number of aryl methyl sites for hydroxylation is 1. The lowest BCUT2D eigenvalue weighted by molar-refractivity contribution is -0.137. The Balaban J connectivity index is 1.64. The van der Waals surface area contributed by atoms with Gasteiger partial charge in [0.25, 0.3) is 0 Å². The first-order valence-corrected chi connectivity index (χ1v) is 9.75. The zero-order valence-corrected chi connectivity index (χ0v) is 16.7. The number of alkyl halides is 3. The highest BCUT2D eigenvalue weighted by molar-refractivity contribution is 5.80. The summed E-state index contributed by atoms with van der Waals surface area (Å²) < 4.78 is 40.9. The third-order valence-electron chi connectivity index (χ3n) is 5.14. The molecular weight excluding hydrogens is 403 g/mol. The molecule has 0 saturated carbocycles. The molecule has 0 aliphatic carbocycles. The maximum Gasteiger partial charge on any atom is 0.416 e. The Morgan fingerprint density at radius 3 is 2.42 bits per heavy atom. The van der Waals surface area contributed by atoms with Crippen LogP contribution >= 0.6 is 0 Å². The molecule has 158 valence electrons. The van der Waals surface area contributed by atoms with E-state index in [1.165, 1.54) is 12.1 Å². The first kappa shape index (κ1) is 20.7. The Hall–Kier alpha value is -3.61. The summed E-state index contributed by atoms with van der Waals surface area (Å²) >= 11 is 0. The van der Waals surface area contributed by atoms with Crippen molar-refractivity contribution in [1.82, 2.24) is 14.9 Å². The summed E-state index contributed by atoms with van der Waals surface area (Å²) in [5.74, 6) is 0.255. The summed E-state index contributed by atoms with van der Waals surface area (Å²) in [6.45, 7) is 0. The number of nitrogens with zero attached hydrogens (tertiary/aromatic N) is 2. The van der Waals surface area contributed by atoms with Crippen LogP contribution < -0.4 is 5.32 Å². The lowest BCUT2D eigenvalue weighted by atomic mass is 10.0. The molecule has 0 bridgehead atoms. The fraction of sp³-hybridized carbons (Fsp3) is 0.167. The number of para-hydroxylation sites is 2. The fourth-order valence-electron chi connectivity index (χ4n) is 3.62. The molecule has 7 heteroatoms. The van der Waals surface area contributed by atoms with E-state index in [9.17, 15) is 18.0 Å². The van der Waals surface area contributed by atoms with Crippen LogP contribution in [0.15, 0.2) is 78.9 Å². The zero-order chi connectivity index (χ0) is 22.0. The highest BCUT2D eigenvalue weighted by Crippen LogP contribution is 2.30. The second-order valence-corrected chi connectivity index (χ2v) is 7.30. The van der Waals surface area contributed by atoms with E-state index in [4.69, 9.17) is 4.98 Å². The summed E-state index contributed by atoms with van der Waals surface area (Å²) in [5, 5.41) is 2.95. The summed E-state index contributed by atoms with van der Waals surface area (Å²) in [6, 6.07) is 21.3. The van der Waals surface area contributed by atoms with E-state index >= 15 is 0 Å². The summed E-state index contributed by atoms with van der Waals surface area (Å²) in [7, 11) is 1.87. The van der Waals surface area contributed by atoms with Gasteiger partial charge in [-0.1, -0.05) is 60.7 Å². The van der Waals surface area contributed by atoms with Crippen molar-refractivity contribution in [2.45, 2.75) is 18.6 Å². The highest BCUT2D eigenvalue weighted by atomic mass is 19.4. The van der Waals surface area contributed by atoms with Gasteiger partial charge in [-0.2, -0.15) is 13.2 Å². The predicted molar refractivity (Wildman–Crippen MR) is 112 cm³/mol. The molecule has 1 amide bonds. The van der Waals surface area contributed by atoms with Gasteiger partial charge in [0.15, 0.2) is 0 Å². The molecule has 1 N–H and O–H groups in total. The first-order chi connectivity index (χ1) is 14.8. The van der Waals surface area contributed by atoms with Gasteiger partial charge in [-0.25, -0.2) is 4.98 Å². The summed E-state index contributed by atoms with van der Waals surface area (Å²) in [5.41, 5.74) is 2.08. The molecule has 0 fully saturated rings. The Kier molecular flexibility index (Phi) is 5.50. The molecule has 0 aliphatic heterocycles. The molecule has 3 aromatic carbocycles. The van der Waals surface area contributed by atoms with Crippen LogP contribution in [0.2, 0.25) is 0 Å².